The van der Waals surface area contributed by atoms with Gasteiger partial charge >= 0.3 is 218 Å². The maximum absolute atomic E-state index is 7.36. The standard InChI is InChI=1S/C26H43Si3.2ClH.Hf/c1-11-20-23(19-15-12-13-16-19)21-17-14-18-22(27(3)4)26(2,29(8,9)10)24(21)25(20)28(5,6)7;;;/h12-13,15H,11,14,16-18H2,1-10H3;2*1H;/q;;;+2/p-2. The molecule has 0 aromatic heterocycles. The molecular formula is C26H43Cl2HfSi3. The van der Waals surface area contributed by atoms with Crippen molar-refractivity contribution < 1.29 is 19.1 Å². The van der Waals surface area contributed by atoms with Crippen LogP contribution in [0.1, 0.15) is 46.0 Å². The summed E-state index contributed by atoms with van der Waals surface area (Å²) in [6, 6.07) is 0. The molecule has 0 fully saturated rings. The van der Waals surface area contributed by atoms with Crippen LogP contribution in [0.25, 0.3) is 0 Å². The predicted octanol–water partition coefficient (Wildman–Crippen LogP) is 9.64. The molecule has 177 valence electrons. The molecule has 0 aromatic rings. The number of hydrogen-bond donors (Lipinski definition) is 0. The Balaban J connectivity index is 2.59. The molecular weight excluding hydrogens is 646 g/mol. The molecule has 0 bridgehead atoms. The number of hydrogen-bond acceptors (Lipinski definition) is 0. The summed E-state index contributed by atoms with van der Waals surface area (Å²) < 4.78 is -0.0955. The van der Waals surface area contributed by atoms with Crippen molar-refractivity contribution in [3.8, 4) is 0 Å². The Kier molecular flexibility index (Phi) is 8.10. The maximum atomic E-state index is 7.36. The van der Waals surface area contributed by atoms with Crippen LogP contribution >= 0.6 is 17.2 Å². The van der Waals surface area contributed by atoms with E-state index in [1.807, 2.05) is 5.17 Å². The van der Waals surface area contributed by atoms with Crippen LogP contribution in [0, 0.1) is 0 Å². The molecule has 32 heavy (non-hydrogen) atoms. The average Bonchev–Trinajstić information content (AvgIpc) is 3.23. The zero-order valence-corrected chi connectivity index (χ0v) is 30.1. The second-order valence-electron chi connectivity index (χ2n) is 12.4. The molecule has 0 radical (unpaired) electrons. The van der Waals surface area contributed by atoms with E-state index in [-0.39, 0.29) is 8.21 Å². The Labute approximate surface area is 216 Å². The van der Waals surface area contributed by atoms with Crippen LogP contribution in [0.5, 0.6) is 0 Å². The van der Waals surface area contributed by atoms with Crippen LogP contribution < -0.4 is 0 Å². The number of rotatable bonds is 5. The first-order chi connectivity index (χ1) is 14.7. The van der Waals surface area contributed by atoms with Crippen molar-refractivity contribution in [1.82, 2.24) is 0 Å². The molecule has 0 aliphatic heterocycles. The van der Waals surface area contributed by atoms with E-state index < -0.39 is 43.6 Å². The van der Waals surface area contributed by atoms with Gasteiger partial charge in [-0.3, -0.25) is 0 Å². The fraction of sp³-hybridized carbons (Fsp3) is 0.654. The van der Waals surface area contributed by atoms with E-state index in [1.54, 1.807) is 21.9 Å². The Morgan fingerprint density at radius 1 is 1.06 bits per heavy atom. The van der Waals surface area contributed by atoms with Gasteiger partial charge in [-0.05, 0) is 0 Å². The molecule has 0 heterocycles. The second-order valence-corrected chi connectivity index (χ2v) is 37.8. The summed E-state index contributed by atoms with van der Waals surface area (Å²) in [5.74, 6) is 0. The van der Waals surface area contributed by atoms with Crippen LogP contribution in [0.4, 0.5) is 0 Å². The molecule has 2 unspecified atom stereocenters. The Morgan fingerprint density at radius 3 is 2.09 bits per heavy atom. The summed E-state index contributed by atoms with van der Waals surface area (Å²) in [5.41, 5.74) is 6.68. The Bertz CT molecular complexity index is 953. The van der Waals surface area contributed by atoms with Gasteiger partial charge in [-0.2, -0.15) is 0 Å². The van der Waals surface area contributed by atoms with E-state index in [0.29, 0.717) is 0 Å². The normalized spacial score (nSPS) is 28.9. The summed E-state index contributed by atoms with van der Waals surface area (Å²) in [6.45, 7) is 25.7. The fourth-order valence-electron chi connectivity index (χ4n) is 6.88. The van der Waals surface area contributed by atoms with E-state index in [9.17, 15) is 0 Å². The minimum atomic E-state index is -3.00. The van der Waals surface area contributed by atoms with Crippen molar-refractivity contribution in [3.63, 3.8) is 0 Å². The van der Waals surface area contributed by atoms with E-state index in [4.69, 9.17) is 17.2 Å². The van der Waals surface area contributed by atoms with Crippen LogP contribution in [0.2, 0.25) is 60.6 Å². The molecule has 0 nitrogen and oxygen atoms in total. The van der Waals surface area contributed by atoms with Crippen molar-refractivity contribution in [2.75, 3.05) is 0 Å². The minimum absolute atomic E-state index is 0.0955. The van der Waals surface area contributed by atoms with Crippen molar-refractivity contribution in [1.29, 1.82) is 0 Å². The first kappa shape index (κ1) is 27.5. The Morgan fingerprint density at radius 2 is 1.69 bits per heavy atom. The Hall–Kier alpha value is 0.931. The van der Waals surface area contributed by atoms with Gasteiger partial charge in [0.25, 0.3) is 0 Å². The second kappa shape index (κ2) is 9.43. The van der Waals surface area contributed by atoms with Crippen molar-refractivity contribution >= 4 is 46.9 Å². The molecule has 0 amide bonds. The zero-order valence-electron chi connectivity index (χ0n) is 22.0. The zero-order chi connectivity index (χ0) is 24.3. The quantitative estimate of drug-likeness (QED) is 0.253. The molecule has 2 atom stereocenters. The topological polar surface area (TPSA) is 0 Å². The summed E-state index contributed by atoms with van der Waals surface area (Å²) in [6.07, 6.45) is 12.9. The average molecular weight is 689 g/mol. The molecule has 0 aromatic carbocycles. The van der Waals surface area contributed by atoms with Gasteiger partial charge in [0, 0.05) is 0 Å². The summed E-state index contributed by atoms with van der Waals surface area (Å²) in [5, 5.41) is 3.90. The molecule has 3 aliphatic carbocycles. The summed E-state index contributed by atoms with van der Waals surface area (Å²) in [7, 11) is 10.9. The van der Waals surface area contributed by atoms with Crippen LogP contribution in [0.3, 0.4) is 0 Å². The SMILES string of the molecule is CCC1=C([Si](C)(C)C)C2=C(CCCC(=[Si](C)C)C2(C)[Si](C)(C)C)[C]1(C1=CC=CC1)[Hf]([Cl])[Cl]. The third kappa shape index (κ3) is 4.03. The number of allylic oxidation sites excluding steroid dienone is 8. The van der Waals surface area contributed by atoms with E-state index in [1.165, 1.54) is 24.8 Å². The predicted molar refractivity (Wildman–Crippen MR) is 152 cm³/mol. The fourth-order valence-corrected chi connectivity index (χ4v) is 26.5. The molecule has 0 saturated heterocycles. The van der Waals surface area contributed by atoms with Crippen LogP contribution in [-0.2, 0) is 19.1 Å². The molecule has 0 spiro atoms. The monoisotopic (exact) mass is 689 g/mol. The van der Waals surface area contributed by atoms with Crippen LogP contribution in [-0.4, -0.2) is 29.7 Å². The summed E-state index contributed by atoms with van der Waals surface area (Å²) in [4.78, 5) is 0. The van der Waals surface area contributed by atoms with Gasteiger partial charge in [-0.15, -0.1) is 0 Å². The van der Waals surface area contributed by atoms with Crippen molar-refractivity contribution in [2.24, 2.45) is 0 Å². The third-order valence-electron chi connectivity index (χ3n) is 8.46. The van der Waals surface area contributed by atoms with E-state index in [2.05, 4.69) is 84.5 Å². The molecule has 6 heteroatoms. The molecule has 0 N–H and O–H groups in total. The van der Waals surface area contributed by atoms with Gasteiger partial charge < -0.3 is 0 Å². The first-order valence-electron chi connectivity index (χ1n) is 12.4. The van der Waals surface area contributed by atoms with Gasteiger partial charge in [0.05, 0.1) is 0 Å². The van der Waals surface area contributed by atoms with Gasteiger partial charge in [0.2, 0.25) is 0 Å². The van der Waals surface area contributed by atoms with Gasteiger partial charge in [-0.1, -0.05) is 0 Å². The van der Waals surface area contributed by atoms with Gasteiger partial charge in [0.15, 0.2) is 0 Å². The third-order valence-corrected chi connectivity index (χ3v) is 26.3. The van der Waals surface area contributed by atoms with Gasteiger partial charge in [-0.25, -0.2) is 0 Å². The van der Waals surface area contributed by atoms with Crippen molar-refractivity contribution in [2.45, 2.75) is 107 Å². The van der Waals surface area contributed by atoms with E-state index >= 15 is 0 Å². The molecule has 3 aliphatic rings. The van der Waals surface area contributed by atoms with Crippen molar-refractivity contribution in [3.05, 3.63) is 45.7 Å². The van der Waals surface area contributed by atoms with E-state index in [0.717, 1.165) is 12.8 Å². The number of halogens is 2. The van der Waals surface area contributed by atoms with Crippen LogP contribution in [0.15, 0.2) is 45.7 Å². The van der Waals surface area contributed by atoms with Gasteiger partial charge in [0.1, 0.15) is 0 Å². The summed E-state index contributed by atoms with van der Waals surface area (Å²) >= 11 is -3.00. The molecule has 3 rings (SSSR count). The molecule has 0 saturated carbocycles. The first-order valence-corrected chi connectivity index (χ1v) is 32.6.